The molecule has 0 aromatic heterocycles. The number of rotatable bonds is 7. The summed E-state index contributed by atoms with van der Waals surface area (Å²) < 4.78 is 5.21. The number of amides is 2. The Morgan fingerprint density at radius 1 is 1.38 bits per heavy atom. The molecular weight excluding hydrogens is 272 g/mol. The van der Waals surface area contributed by atoms with Gasteiger partial charge in [0.15, 0.2) is 0 Å². The molecule has 0 radical (unpaired) electrons. The van der Waals surface area contributed by atoms with Crippen LogP contribution in [0.4, 0.5) is 4.79 Å². The third-order valence-electron chi connectivity index (χ3n) is 3.53. The van der Waals surface area contributed by atoms with Crippen molar-refractivity contribution in [2.75, 3.05) is 7.11 Å². The van der Waals surface area contributed by atoms with E-state index in [0.717, 1.165) is 18.4 Å². The molecule has 1 atom stereocenters. The van der Waals surface area contributed by atoms with E-state index in [9.17, 15) is 9.59 Å². The van der Waals surface area contributed by atoms with Crippen molar-refractivity contribution in [3.05, 3.63) is 29.8 Å². The Balaban J connectivity index is 1.84. The second kappa shape index (κ2) is 6.97. The van der Waals surface area contributed by atoms with Crippen molar-refractivity contribution in [2.45, 2.75) is 31.8 Å². The zero-order chi connectivity index (χ0) is 15.2. The predicted molar refractivity (Wildman–Crippen MR) is 77.1 cm³/mol. The minimum absolute atomic E-state index is 0.0350. The molecule has 1 aromatic rings. The van der Waals surface area contributed by atoms with Crippen LogP contribution in [-0.4, -0.2) is 30.3 Å². The zero-order valence-electron chi connectivity index (χ0n) is 12.0. The fourth-order valence-electron chi connectivity index (χ4n) is 2.27. The van der Waals surface area contributed by atoms with Gasteiger partial charge in [-0.2, -0.15) is 0 Å². The molecular formula is C15H20N2O4. The van der Waals surface area contributed by atoms with Crippen LogP contribution in [0.15, 0.2) is 24.3 Å². The molecule has 1 aliphatic rings. The van der Waals surface area contributed by atoms with Gasteiger partial charge < -0.3 is 20.5 Å². The Labute approximate surface area is 123 Å². The fourth-order valence-corrected chi connectivity index (χ4v) is 2.27. The molecule has 6 heteroatoms. The number of hydrogen-bond acceptors (Lipinski definition) is 3. The molecule has 3 N–H and O–H groups in total. The number of benzene rings is 1. The van der Waals surface area contributed by atoms with Gasteiger partial charge in [-0.3, -0.25) is 4.79 Å². The van der Waals surface area contributed by atoms with Gasteiger partial charge in [-0.05, 0) is 24.8 Å². The van der Waals surface area contributed by atoms with Crippen molar-refractivity contribution < 1.29 is 19.4 Å². The number of urea groups is 1. The molecule has 0 spiro atoms. The maximum atomic E-state index is 11.9. The first kappa shape index (κ1) is 15.2. The van der Waals surface area contributed by atoms with Crippen LogP contribution in [0.2, 0.25) is 0 Å². The van der Waals surface area contributed by atoms with Crippen LogP contribution in [-0.2, 0) is 11.3 Å². The van der Waals surface area contributed by atoms with Crippen LogP contribution in [0.5, 0.6) is 5.75 Å². The molecule has 0 aliphatic heterocycles. The first-order valence-corrected chi connectivity index (χ1v) is 6.98. The molecule has 0 heterocycles. The number of para-hydroxylation sites is 1. The third-order valence-corrected chi connectivity index (χ3v) is 3.53. The molecule has 1 aliphatic carbocycles. The SMILES string of the molecule is COc1ccccc1CNC(=O)NC(CC(=O)O)C1CC1. The summed E-state index contributed by atoms with van der Waals surface area (Å²) in [5.41, 5.74) is 0.872. The summed E-state index contributed by atoms with van der Waals surface area (Å²) in [5.74, 6) is 0.108. The van der Waals surface area contributed by atoms with Gasteiger partial charge in [0.1, 0.15) is 5.75 Å². The van der Waals surface area contributed by atoms with Crippen molar-refractivity contribution in [1.29, 1.82) is 0 Å². The second-order valence-corrected chi connectivity index (χ2v) is 5.18. The monoisotopic (exact) mass is 292 g/mol. The summed E-state index contributed by atoms with van der Waals surface area (Å²) in [5, 5.41) is 14.3. The minimum atomic E-state index is -0.892. The van der Waals surface area contributed by atoms with Crippen LogP contribution in [0.3, 0.4) is 0 Å². The summed E-state index contributed by atoms with van der Waals surface area (Å²) in [7, 11) is 1.58. The lowest BCUT2D eigenvalue weighted by Gasteiger charge is -2.17. The highest BCUT2D eigenvalue weighted by Crippen LogP contribution is 2.34. The Morgan fingerprint density at radius 2 is 2.10 bits per heavy atom. The lowest BCUT2D eigenvalue weighted by atomic mass is 10.1. The van der Waals surface area contributed by atoms with Gasteiger partial charge in [0.25, 0.3) is 0 Å². The van der Waals surface area contributed by atoms with Crippen LogP contribution >= 0.6 is 0 Å². The van der Waals surface area contributed by atoms with E-state index in [4.69, 9.17) is 9.84 Å². The first-order valence-electron chi connectivity index (χ1n) is 6.98. The van der Waals surface area contributed by atoms with Gasteiger partial charge in [0.2, 0.25) is 0 Å². The van der Waals surface area contributed by atoms with E-state index in [2.05, 4.69) is 10.6 Å². The van der Waals surface area contributed by atoms with E-state index < -0.39 is 5.97 Å². The highest BCUT2D eigenvalue weighted by molar-refractivity contribution is 5.76. The maximum absolute atomic E-state index is 11.9. The lowest BCUT2D eigenvalue weighted by Crippen LogP contribution is -2.43. The highest BCUT2D eigenvalue weighted by Gasteiger charge is 2.33. The van der Waals surface area contributed by atoms with E-state index in [-0.39, 0.29) is 24.4 Å². The van der Waals surface area contributed by atoms with Gasteiger partial charge in [-0.1, -0.05) is 18.2 Å². The lowest BCUT2D eigenvalue weighted by molar-refractivity contribution is -0.137. The predicted octanol–water partition coefficient (Wildman–Crippen LogP) is 1.75. The molecule has 1 unspecified atom stereocenters. The van der Waals surface area contributed by atoms with Gasteiger partial charge in [-0.25, -0.2) is 4.79 Å². The van der Waals surface area contributed by atoms with Crippen LogP contribution in [0.1, 0.15) is 24.8 Å². The normalized spacial score (nSPS) is 15.1. The van der Waals surface area contributed by atoms with E-state index >= 15 is 0 Å². The number of nitrogens with one attached hydrogen (secondary N) is 2. The number of carbonyl (C=O) groups is 2. The van der Waals surface area contributed by atoms with Gasteiger partial charge in [0.05, 0.1) is 13.5 Å². The van der Waals surface area contributed by atoms with Gasteiger partial charge >= 0.3 is 12.0 Å². The summed E-state index contributed by atoms with van der Waals surface area (Å²) in [6.07, 6.45) is 1.92. The Morgan fingerprint density at radius 3 is 2.71 bits per heavy atom. The molecule has 1 saturated carbocycles. The fraction of sp³-hybridized carbons (Fsp3) is 0.467. The number of carboxylic acids is 1. The topological polar surface area (TPSA) is 87.7 Å². The summed E-state index contributed by atoms with van der Waals surface area (Å²) in [6.45, 7) is 0.334. The zero-order valence-corrected chi connectivity index (χ0v) is 12.0. The molecule has 6 nitrogen and oxygen atoms in total. The van der Waals surface area contributed by atoms with Crippen molar-refractivity contribution >= 4 is 12.0 Å². The molecule has 0 bridgehead atoms. The third kappa shape index (κ3) is 4.66. The van der Waals surface area contributed by atoms with E-state index in [1.54, 1.807) is 7.11 Å². The number of carbonyl (C=O) groups excluding carboxylic acids is 1. The average Bonchev–Trinajstić information content (AvgIpc) is 3.29. The molecule has 2 amide bonds. The minimum Gasteiger partial charge on any atom is -0.496 e. The van der Waals surface area contributed by atoms with E-state index in [0.29, 0.717) is 12.3 Å². The maximum Gasteiger partial charge on any atom is 0.315 e. The van der Waals surface area contributed by atoms with Crippen molar-refractivity contribution in [3.8, 4) is 5.75 Å². The molecule has 114 valence electrons. The van der Waals surface area contributed by atoms with E-state index in [1.807, 2.05) is 24.3 Å². The molecule has 21 heavy (non-hydrogen) atoms. The van der Waals surface area contributed by atoms with Gasteiger partial charge in [0, 0.05) is 18.2 Å². The Hall–Kier alpha value is -2.24. The summed E-state index contributed by atoms with van der Waals surface area (Å²) in [6, 6.07) is 6.79. The molecule has 1 fully saturated rings. The number of carboxylic acid groups (broad SMARTS) is 1. The molecule has 0 saturated heterocycles. The van der Waals surface area contributed by atoms with Gasteiger partial charge in [-0.15, -0.1) is 0 Å². The van der Waals surface area contributed by atoms with Crippen LogP contribution in [0, 0.1) is 5.92 Å². The second-order valence-electron chi connectivity index (χ2n) is 5.18. The van der Waals surface area contributed by atoms with Crippen molar-refractivity contribution in [1.82, 2.24) is 10.6 Å². The number of aliphatic carboxylic acids is 1. The van der Waals surface area contributed by atoms with Crippen LogP contribution < -0.4 is 15.4 Å². The number of ether oxygens (including phenoxy) is 1. The summed E-state index contributed by atoms with van der Waals surface area (Å²) in [4.78, 5) is 22.7. The smallest absolute Gasteiger partial charge is 0.315 e. The van der Waals surface area contributed by atoms with E-state index in [1.165, 1.54) is 0 Å². The quantitative estimate of drug-likeness (QED) is 0.714. The molecule has 2 rings (SSSR count). The summed E-state index contributed by atoms with van der Waals surface area (Å²) >= 11 is 0. The Bertz CT molecular complexity index is 514. The Kier molecular flexibility index (Phi) is 5.03. The number of methoxy groups -OCH3 is 1. The van der Waals surface area contributed by atoms with Crippen molar-refractivity contribution in [2.24, 2.45) is 5.92 Å². The largest absolute Gasteiger partial charge is 0.496 e. The average molecular weight is 292 g/mol. The van der Waals surface area contributed by atoms with Crippen molar-refractivity contribution in [3.63, 3.8) is 0 Å². The van der Waals surface area contributed by atoms with Crippen LogP contribution in [0.25, 0.3) is 0 Å². The first-order chi connectivity index (χ1) is 10.1. The highest BCUT2D eigenvalue weighted by atomic mass is 16.5. The molecule has 1 aromatic carbocycles. The number of hydrogen-bond donors (Lipinski definition) is 3. The standard InChI is InChI=1S/C15H20N2O4/c1-21-13-5-3-2-4-11(13)9-16-15(20)17-12(8-14(18)19)10-6-7-10/h2-5,10,12H,6-9H2,1H3,(H,18,19)(H2,16,17,20).